The first kappa shape index (κ1) is 9.90. The molecule has 1 aromatic rings. The van der Waals surface area contributed by atoms with Gasteiger partial charge in [-0.05, 0) is 43.2 Å². The van der Waals surface area contributed by atoms with Crippen LogP contribution in [-0.4, -0.2) is 12.4 Å². The van der Waals surface area contributed by atoms with Crippen LogP contribution in [0.3, 0.4) is 0 Å². The molecule has 15 heavy (non-hydrogen) atoms. The van der Waals surface area contributed by atoms with Crippen molar-refractivity contribution in [3.05, 3.63) is 47.5 Å². The molecule has 0 aliphatic carbocycles. The number of rotatable bonds is 2. The van der Waals surface area contributed by atoms with Gasteiger partial charge < -0.3 is 4.74 Å². The second kappa shape index (κ2) is 4.26. The number of benzene rings is 1. The van der Waals surface area contributed by atoms with Crippen LogP contribution in [-0.2, 0) is 4.74 Å². The second-order valence-corrected chi connectivity index (χ2v) is 3.40. The number of Topliss-reactive ketones (excluding diaryl/α,β-unsaturated/α-hetero) is 1. The minimum absolute atomic E-state index is 0.172. The van der Waals surface area contributed by atoms with Gasteiger partial charge in [0, 0.05) is 5.56 Å². The van der Waals surface area contributed by atoms with Gasteiger partial charge in [-0.3, -0.25) is 4.79 Å². The molecule has 1 aliphatic rings. The Kier molecular flexibility index (Phi) is 2.81. The highest BCUT2D eigenvalue weighted by molar-refractivity contribution is 6.07. The molecule has 0 atom stereocenters. The summed E-state index contributed by atoms with van der Waals surface area (Å²) in [6.07, 6.45) is 3.59. The van der Waals surface area contributed by atoms with E-state index in [2.05, 4.69) is 0 Å². The SMILES string of the molecule is O=C(C1=CCCCO1)c1ccc(F)cc1. The number of hydrogen-bond acceptors (Lipinski definition) is 2. The molecule has 0 N–H and O–H groups in total. The Morgan fingerprint density at radius 1 is 1.27 bits per heavy atom. The van der Waals surface area contributed by atoms with E-state index < -0.39 is 0 Å². The second-order valence-electron chi connectivity index (χ2n) is 3.40. The monoisotopic (exact) mass is 206 g/mol. The molecule has 0 unspecified atom stereocenters. The highest BCUT2D eigenvalue weighted by atomic mass is 19.1. The van der Waals surface area contributed by atoms with Crippen molar-refractivity contribution in [1.29, 1.82) is 0 Å². The molecule has 2 rings (SSSR count). The Hall–Kier alpha value is -1.64. The van der Waals surface area contributed by atoms with Gasteiger partial charge in [0.25, 0.3) is 0 Å². The van der Waals surface area contributed by atoms with Crippen LogP contribution in [0.1, 0.15) is 23.2 Å². The lowest BCUT2D eigenvalue weighted by Crippen LogP contribution is -2.11. The van der Waals surface area contributed by atoms with Crippen LogP contribution in [0.15, 0.2) is 36.1 Å². The van der Waals surface area contributed by atoms with E-state index in [0.29, 0.717) is 17.9 Å². The zero-order chi connectivity index (χ0) is 10.7. The Bertz CT molecular complexity index is 393. The zero-order valence-corrected chi connectivity index (χ0v) is 8.20. The Balaban J connectivity index is 2.20. The predicted molar refractivity (Wildman–Crippen MR) is 54.0 cm³/mol. The van der Waals surface area contributed by atoms with E-state index in [1.165, 1.54) is 24.3 Å². The molecule has 0 saturated heterocycles. The molecule has 1 heterocycles. The molecule has 0 radical (unpaired) electrons. The number of ether oxygens (including phenoxy) is 1. The number of hydrogen-bond donors (Lipinski definition) is 0. The summed E-state index contributed by atoms with van der Waals surface area (Å²) >= 11 is 0. The summed E-state index contributed by atoms with van der Waals surface area (Å²) in [4.78, 5) is 11.8. The van der Waals surface area contributed by atoms with Gasteiger partial charge in [0.2, 0.25) is 5.78 Å². The third-order valence-corrected chi connectivity index (χ3v) is 2.27. The molecule has 1 aromatic carbocycles. The summed E-state index contributed by atoms with van der Waals surface area (Å²) in [6.45, 7) is 0.582. The van der Waals surface area contributed by atoms with Crippen molar-refractivity contribution in [2.45, 2.75) is 12.8 Å². The van der Waals surface area contributed by atoms with Crippen molar-refractivity contribution in [2.75, 3.05) is 6.61 Å². The van der Waals surface area contributed by atoms with Gasteiger partial charge in [0.1, 0.15) is 5.82 Å². The van der Waals surface area contributed by atoms with Gasteiger partial charge in [-0.25, -0.2) is 4.39 Å². The van der Waals surface area contributed by atoms with E-state index in [4.69, 9.17) is 4.74 Å². The van der Waals surface area contributed by atoms with Gasteiger partial charge >= 0.3 is 0 Å². The van der Waals surface area contributed by atoms with Crippen LogP contribution in [0.25, 0.3) is 0 Å². The first-order valence-electron chi connectivity index (χ1n) is 4.90. The Labute approximate surface area is 87.4 Å². The lowest BCUT2D eigenvalue weighted by atomic mass is 10.1. The largest absolute Gasteiger partial charge is 0.490 e. The maximum atomic E-state index is 12.6. The number of ketones is 1. The molecule has 0 fully saturated rings. The van der Waals surface area contributed by atoms with Crippen LogP contribution < -0.4 is 0 Å². The number of carbonyl (C=O) groups is 1. The normalized spacial score (nSPS) is 15.4. The molecular weight excluding hydrogens is 195 g/mol. The molecule has 0 bridgehead atoms. The van der Waals surface area contributed by atoms with Crippen LogP contribution in [0.2, 0.25) is 0 Å². The minimum atomic E-state index is -0.343. The Morgan fingerprint density at radius 2 is 2.00 bits per heavy atom. The third kappa shape index (κ3) is 2.24. The van der Waals surface area contributed by atoms with Gasteiger partial charge in [-0.15, -0.1) is 0 Å². The predicted octanol–water partition coefficient (Wildman–Crippen LogP) is 2.70. The maximum Gasteiger partial charge on any atom is 0.227 e. The van der Waals surface area contributed by atoms with Crippen LogP contribution in [0.4, 0.5) is 4.39 Å². The first-order chi connectivity index (χ1) is 7.27. The van der Waals surface area contributed by atoms with Crippen LogP contribution >= 0.6 is 0 Å². The van der Waals surface area contributed by atoms with E-state index in [-0.39, 0.29) is 11.6 Å². The van der Waals surface area contributed by atoms with Gasteiger partial charge in [-0.2, -0.15) is 0 Å². The smallest absolute Gasteiger partial charge is 0.227 e. The number of halogens is 1. The van der Waals surface area contributed by atoms with Crippen molar-refractivity contribution in [2.24, 2.45) is 0 Å². The lowest BCUT2D eigenvalue weighted by molar-refractivity contribution is 0.0899. The summed E-state index contributed by atoms with van der Waals surface area (Å²) in [6, 6.07) is 5.49. The molecular formula is C12H11FO2. The van der Waals surface area contributed by atoms with Crippen LogP contribution in [0, 0.1) is 5.82 Å². The maximum absolute atomic E-state index is 12.6. The van der Waals surface area contributed by atoms with E-state index >= 15 is 0 Å². The van der Waals surface area contributed by atoms with E-state index in [9.17, 15) is 9.18 Å². The highest BCUT2D eigenvalue weighted by Crippen LogP contribution is 2.15. The van der Waals surface area contributed by atoms with Gasteiger partial charge in [0.15, 0.2) is 5.76 Å². The minimum Gasteiger partial charge on any atom is -0.490 e. The quantitative estimate of drug-likeness (QED) is 0.695. The molecule has 0 aromatic heterocycles. The number of allylic oxidation sites excluding steroid dienone is 2. The highest BCUT2D eigenvalue weighted by Gasteiger charge is 2.15. The molecule has 0 saturated carbocycles. The molecule has 78 valence electrons. The topological polar surface area (TPSA) is 26.3 Å². The van der Waals surface area contributed by atoms with E-state index in [1.807, 2.05) is 0 Å². The van der Waals surface area contributed by atoms with E-state index in [0.717, 1.165) is 12.8 Å². The molecule has 0 amide bonds. The lowest BCUT2D eigenvalue weighted by Gasteiger charge is -2.13. The average Bonchev–Trinajstić information content (AvgIpc) is 2.30. The fourth-order valence-corrected chi connectivity index (χ4v) is 1.46. The summed E-state index contributed by atoms with van der Waals surface area (Å²) in [7, 11) is 0. The van der Waals surface area contributed by atoms with Crippen molar-refractivity contribution in [3.8, 4) is 0 Å². The van der Waals surface area contributed by atoms with Crippen molar-refractivity contribution in [3.63, 3.8) is 0 Å². The summed E-state index contributed by atoms with van der Waals surface area (Å²) in [5.41, 5.74) is 0.463. The molecule has 1 aliphatic heterocycles. The molecule has 3 heteroatoms. The fraction of sp³-hybridized carbons (Fsp3) is 0.250. The van der Waals surface area contributed by atoms with Crippen molar-refractivity contribution in [1.82, 2.24) is 0 Å². The van der Waals surface area contributed by atoms with Crippen LogP contribution in [0.5, 0.6) is 0 Å². The summed E-state index contributed by atoms with van der Waals surface area (Å²) in [5, 5.41) is 0. The first-order valence-corrected chi connectivity index (χ1v) is 4.90. The molecule has 0 spiro atoms. The summed E-state index contributed by atoms with van der Waals surface area (Å²) in [5.74, 6) is -0.132. The zero-order valence-electron chi connectivity index (χ0n) is 8.20. The Morgan fingerprint density at radius 3 is 2.60 bits per heavy atom. The van der Waals surface area contributed by atoms with Gasteiger partial charge in [0.05, 0.1) is 6.61 Å². The average molecular weight is 206 g/mol. The third-order valence-electron chi connectivity index (χ3n) is 2.27. The standard InChI is InChI=1S/C12H11FO2/c13-10-6-4-9(5-7-10)12(14)11-3-1-2-8-15-11/h3-7H,1-2,8H2. The van der Waals surface area contributed by atoms with Crippen molar-refractivity contribution >= 4 is 5.78 Å². The fourth-order valence-electron chi connectivity index (χ4n) is 1.46. The summed E-state index contributed by atoms with van der Waals surface area (Å²) < 4.78 is 17.9. The van der Waals surface area contributed by atoms with Crippen molar-refractivity contribution < 1.29 is 13.9 Å². The van der Waals surface area contributed by atoms with E-state index in [1.54, 1.807) is 6.08 Å². The molecule has 2 nitrogen and oxygen atoms in total. The van der Waals surface area contributed by atoms with Gasteiger partial charge in [-0.1, -0.05) is 0 Å². The number of carbonyl (C=O) groups excluding carboxylic acids is 1.